The molecular weight excluding hydrogens is 369 g/mol. The van der Waals surface area contributed by atoms with Crippen LogP contribution in [0.2, 0.25) is 0 Å². The molecule has 0 amide bonds. The summed E-state index contributed by atoms with van der Waals surface area (Å²) in [5.41, 5.74) is 0.126. The Morgan fingerprint density at radius 2 is 2.16 bits per heavy atom. The number of guanidine groups is 1. The molecular formula is C14H26IN3S. The van der Waals surface area contributed by atoms with Gasteiger partial charge in [-0.2, -0.15) is 0 Å². The maximum atomic E-state index is 4.26. The van der Waals surface area contributed by atoms with Crippen molar-refractivity contribution in [2.75, 3.05) is 13.6 Å². The average Bonchev–Trinajstić information content (AvgIpc) is 2.88. The minimum absolute atomic E-state index is 0. The van der Waals surface area contributed by atoms with Crippen molar-refractivity contribution in [2.24, 2.45) is 4.99 Å². The summed E-state index contributed by atoms with van der Waals surface area (Å²) in [6.07, 6.45) is 1.09. The Hall–Kier alpha value is -0.300. The van der Waals surface area contributed by atoms with Crippen LogP contribution >= 0.6 is 35.3 Å². The molecule has 2 N–H and O–H groups in total. The van der Waals surface area contributed by atoms with E-state index in [9.17, 15) is 0 Å². The third-order valence-corrected chi connectivity index (χ3v) is 4.34. The van der Waals surface area contributed by atoms with E-state index < -0.39 is 0 Å². The van der Waals surface area contributed by atoms with E-state index in [1.54, 1.807) is 0 Å². The zero-order valence-electron chi connectivity index (χ0n) is 12.5. The molecule has 0 fully saturated rings. The van der Waals surface area contributed by atoms with Gasteiger partial charge in [0.2, 0.25) is 0 Å². The van der Waals surface area contributed by atoms with Gasteiger partial charge in [0, 0.05) is 29.9 Å². The van der Waals surface area contributed by atoms with E-state index in [2.05, 4.69) is 60.8 Å². The number of nitrogens with zero attached hydrogens (tertiary/aromatic N) is 1. The van der Waals surface area contributed by atoms with Crippen LogP contribution < -0.4 is 10.6 Å². The van der Waals surface area contributed by atoms with Crippen molar-refractivity contribution in [1.29, 1.82) is 0 Å². The van der Waals surface area contributed by atoms with E-state index >= 15 is 0 Å². The summed E-state index contributed by atoms with van der Waals surface area (Å²) < 4.78 is 0. The normalized spacial score (nSPS) is 13.6. The summed E-state index contributed by atoms with van der Waals surface area (Å²) in [6.45, 7) is 9.71. The summed E-state index contributed by atoms with van der Waals surface area (Å²) in [5, 5.41) is 8.91. The van der Waals surface area contributed by atoms with Crippen LogP contribution in [-0.2, 0) is 5.41 Å². The van der Waals surface area contributed by atoms with Gasteiger partial charge in [-0.1, -0.05) is 26.8 Å². The van der Waals surface area contributed by atoms with E-state index in [1.165, 1.54) is 4.88 Å². The maximum absolute atomic E-state index is 4.26. The summed E-state index contributed by atoms with van der Waals surface area (Å²) in [6, 6.07) is 4.74. The van der Waals surface area contributed by atoms with Crippen molar-refractivity contribution in [3.63, 3.8) is 0 Å². The fraction of sp³-hybridized carbons (Fsp3) is 0.643. The van der Waals surface area contributed by atoms with E-state index in [0.29, 0.717) is 6.04 Å². The zero-order chi connectivity index (χ0) is 13.6. The van der Waals surface area contributed by atoms with Crippen LogP contribution in [0.4, 0.5) is 0 Å². The van der Waals surface area contributed by atoms with E-state index in [0.717, 1.165) is 18.9 Å². The molecule has 1 heterocycles. The maximum Gasteiger partial charge on any atom is 0.191 e. The predicted molar refractivity (Wildman–Crippen MR) is 97.0 cm³/mol. The zero-order valence-corrected chi connectivity index (χ0v) is 15.6. The summed E-state index contributed by atoms with van der Waals surface area (Å²) in [7, 11) is 1.82. The molecule has 0 saturated heterocycles. The van der Waals surface area contributed by atoms with Gasteiger partial charge in [0.25, 0.3) is 0 Å². The van der Waals surface area contributed by atoms with Crippen LogP contribution in [0.1, 0.15) is 39.0 Å². The number of nitrogens with one attached hydrogen (secondary N) is 2. The standard InChI is InChI=1S/C14H25N3S.HI/c1-6-11(2)17-13(15-5)16-10-14(3,4)12-8-7-9-18-12;/h7-9,11H,6,10H2,1-5H3,(H2,15,16,17);1H. The summed E-state index contributed by atoms with van der Waals surface area (Å²) >= 11 is 1.81. The number of halogens is 1. The first-order valence-corrected chi connectivity index (χ1v) is 7.38. The van der Waals surface area contributed by atoms with Gasteiger partial charge in [0.1, 0.15) is 0 Å². The Morgan fingerprint density at radius 1 is 1.47 bits per heavy atom. The second-order valence-corrected chi connectivity index (χ2v) is 6.19. The first-order valence-electron chi connectivity index (χ1n) is 6.50. The molecule has 0 aliphatic carbocycles. The van der Waals surface area contributed by atoms with Crippen molar-refractivity contribution in [3.05, 3.63) is 22.4 Å². The molecule has 3 nitrogen and oxygen atoms in total. The Kier molecular flexibility index (Phi) is 8.65. The lowest BCUT2D eigenvalue weighted by Crippen LogP contribution is -2.46. The molecule has 110 valence electrons. The highest BCUT2D eigenvalue weighted by Gasteiger charge is 2.22. The Bertz CT molecular complexity index is 374. The second kappa shape index (κ2) is 8.79. The topological polar surface area (TPSA) is 36.4 Å². The number of aliphatic imine (C=N–C) groups is 1. The van der Waals surface area contributed by atoms with Crippen LogP contribution in [0.25, 0.3) is 0 Å². The lowest BCUT2D eigenvalue weighted by atomic mass is 9.91. The van der Waals surface area contributed by atoms with Crippen molar-refractivity contribution in [1.82, 2.24) is 10.6 Å². The molecule has 1 rings (SSSR count). The molecule has 5 heteroatoms. The molecule has 1 atom stereocenters. The van der Waals surface area contributed by atoms with Crippen LogP contribution in [0, 0.1) is 0 Å². The highest BCUT2D eigenvalue weighted by Crippen LogP contribution is 2.26. The number of thiophene rings is 1. The largest absolute Gasteiger partial charge is 0.356 e. The van der Waals surface area contributed by atoms with Crippen LogP contribution in [0.5, 0.6) is 0 Å². The molecule has 0 aromatic carbocycles. The van der Waals surface area contributed by atoms with Gasteiger partial charge in [0.05, 0.1) is 0 Å². The van der Waals surface area contributed by atoms with E-state index in [4.69, 9.17) is 0 Å². The lowest BCUT2D eigenvalue weighted by Gasteiger charge is -2.26. The van der Waals surface area contributed by atoms with Gasteiger partial charge in [-0.3, -0.25) is 4.99 Å². The minimum atomic E-state index is 0. The van der Waals surface area contributed by atoms with Gasteiger partial charge < -0.3 is 10.6 Å². The third-order valence-electron chi connectivity index (χ3n) is 3.11. The highest BCUT2D eigenvalue weighted by molar-refractivity contribution is 14.0. The monoisotopic (exact) mass is 395 g/mol. The van der Waals surface area contributed by atoms with Gasteiger partial charge in [0.15, 0.2) is 5.96 Å². The van der Waals surface area contributed by atoms with Gasteiger partial charge >= 0.3 is 0 Å². The molecule has 0 aliphatic rings. The lowest BCUT2D eigenvalue weighted by molar-refractivity contribution is 0.513. The van der Waals surface area contributed by atoms with Crippen molar-refractivity contribution in [2.45, 2.75) is 45.6 Å². The number of rotatable bonds is 5. The quantitative estimate of drug-likeness (QED) is 0.454. The van der Waals surface area contributed by atoms with Crippen LogP contribution in [0.3, 0.4) is 0 Å². The first kappa shape index (κ1) is 18.7. The SMILES string of the molecule is CCC(C)NC(=NC)NCC(C)(C)c1cccs1.I. The van der Waals surface area contributed by atoms with E-state index in [1.807, 2.05) is 18.4 Å². The number of hydrogen-bond donors (Lipinski definition) is 2. The van der Waals surface area contributed by atoms with Crippen molar-refractivity contribution >= 4 is 41.3 Å². The molecule has 19 heavy (non-hydrogen) atoms. The first-order chi connectivity index (χ1) is 8.49. The number of hydrogen-bond acceptors (Lipinski definition) is 2. The van der Waals surface area contributed by atoms with Gasteiger partial charge in [-0.05, 0) is 24.8 Å². The van der Waals surface area contributed by atoms with Crippen molar-refractivity contribution < 1.29 is 0 Å². The average molecular weight is 395 g/mol. The molecule has 0 aliphatic heterocycles. The predicted octanol–water partition coefficient (Wildman–Crippen LogP) is 3.61. The summed E-state index contributed by atoms with van der Waals surface area (Å²) in [4.78, 5) is 5.66. The highest BCUT2D eigenvalue weighted by atomic mass is 127. The second-order valence-electron chi connectivity index (χ2n) is 5.24. The molecule has 0 spiro atoms. The molecule has 1 unspecified atom stereocenters. The Morgan fingerprint density at radius 3 is 2.63 bits per heavy atom. The molecule has 0 radical (unpaired) electrons. The Balaban J connectivity index is 0.00000324. The fourth-order valence-electron chi connectivity index (χ4n) is 1.59. The summed E-state index contributed by atoms with van der Waals surface area (Å²) in [5.74, 6) is 0.883. The third kappa shape index (κ3) is 6.12. The molecule has 0 bridgehead atoms. The van der Waals surface area contributed by atoms with Crippen LogP contribution in [0.15, 0.2) is 22.5 Å². The molecule has 1 aromatic rings. The smallest absolute Gasteiger partial charge is 0.191 e. The Labute approximate surface area is 138 Å². The van der Waals surface area contributed by atoms with E-state index in [-0.39, 0.29) is 29.4 Å². The van der Waals surface area contributed by atoms with Gasteiger partial charge in [-0.15, -0.1) is 35.3 Å². The molecule has 1 aromatic heterocycles. The molecule has 0 saturated carbocycles. The minimum Gasteiger partial charge on any atom is -0.356 e. The van der Waals surface area contributed by atoms with Gasteiger partial charge in [-0.25, -0.2) is 0 Å². The van der Waals surface area contributed by atoms with Crippen LogP contribution in [-0.4, -0.2) is 25.6 Å². The van der Waals surface area contributed by atoms with Crippen molar-refractivity contribution in [3.8, 4) is 0 Å². The fourth-order valence-corrected chi connectivity index (χ4v) is 2.44.